The molecule has 0 aliphatic rings. The van der Waals surface area contributed by atoms with Gasteiger partial charge >= 0.3 is 0 Å². The topological polar surface area (TPSA) is 22.0 Å². The highest BCUT2D eigenvalue weighted by Gasteiger charge is 2.08. The van der Waals surface area contributed by atoms with Crippen molar-refractivity contribution < 1.29 is 9.18 Å². The monoisotopic (exact) mass is 265 g/mol. The molecule has 0 fully saturated rings. The Morgan fingerprint density at radius 2 is 2.17 bits per heavy atom. The molecule has 0 atom stereocenters. The van der Waals surface area contributed by atoms with Crippen LogP contribution in [0.1, 0.15) is 29.3 Å². The van der Waals surface area contributed by atoms with Crippen LogP contribution in [-0.2, 0) is 6.54 Å². The van der Waals surface area contributed by atoms with Crippen molar-refractivity contribution in [2.45, 2.75) is 19.9 Å². The van der Waals surface area contributed by atoms with Crippen molar-refractivity contribution in [1.29, 1.82) is 0 Å². The van der Waals surface area contributed by atoms with Crippen LogP contribution in [0.15, 0.2) is 36.7 Å². The molecule has 1 aromatic heterocycles. The number of halogens is 2. The van der Waals surface area contributed by atoms with E-state index in [9.17, 15) is 9.18 Å². The lowest BCUT2D eigenvalue weighted by Crippen LogP contribution is -1.99. The maximum atomic E-state index is 13.3. The third-order valence-electron chi connectivity index (χ3n) is 2.78. The second kappa shape index (κ2) is 5.36. The Bertz CT molecular complexity index is 577. The highest BCUT2D eigenvalue weighted by atomic mass is 35.5. The van der Waals surface area contributed by atoms with Crippen LogP contribution in [0.3, 0.4) is 0 Å². The molecule has 0 saturated heterocycles. The van der Waals surface area contributed by atoms with Gasteiger partial charge in [0.15, 0.2) is 5.78 Å². The molecule has 1 heterocycles. The Kier molecular flexibility index (Phi) is 3.82. The van der Waals surface area contributed by atoms with Crippen LogP contribution in [0.2, 0.25) is 5.02 Å². The molecule has 18 heavy (non-hydrogen) atoms. The fourth-order valence-corrected chi connectivity index (χ4v) is 1.96. The molecule has 0 N–H and O–H groups in total. The average Bonchev–Trinajstić information content (AvgIpc) is 2.82. The first kappa shape index (κ1) is 12.8. The van der Waals surface area contributed by atoms with Crippen LogP contribution in [0, 0.1) is 5.82 Å². The first-order valence-corrected chi connectivity index (χ1v) is 6.11. The second-order valence-corrected chi connectivity index (χ2v) is 4.44. The van der Waals surface area contributed by atoms with E-state index in [1.54, 1.807) is 30.6 Å². The minimum atomic E-state index is -0.425. The maximum absolute atomic E-state index is 13.3. The van der Waals surface area contributed by atoms with Gasteiger partial charge in [0.2, 0.25) is 0 Å². The van der Waals surface area contributed by atoms with Gasteiger partial charge in [0.1, 0.15) is 5.82 Å². The van der Waals surface area contributed by atoms with Gasteiger partial charge in [0.25, 0.3) is 0 Å². The van der Waals surface area contributed by atoms with Gasteiger partial charge in [-0.3, -0.25) is 4.79 Å². The molecule has 0 bridgehead atoms. The number of carbonyl (C=O) groups is 1. The first-order valence-electron chi connectivity index (χ1n) is 5.73. The molecule has 94 valence electrons. The Balaban J connectivity index is 2.21. The van der Waals surface area contributed by atoms with Gasteiger partial charge in [0, 0.05) is 30.9 Å². The van der Waals surface area contributed by atoms with Crippen molar-refractivity contribution in [2.75, 3.05) is 0 Å². The summed E-state index contributed by atoms with van der Waals surface area (Å²) in [6.45, 7) is 2.27. The minimum absolute atomic E-state index is 0.0964. The second-order valence-electron chi connectivity index (χ2n) is 4.06. The maximum Gasteiger partial charge on any atom is 0.164 e. The zero-order chi connectivity index (χ0) is 13.1. The molecule has 0 radical (unpaired) electrons. The van der Waals surface area contributed by atoms with Crippen LogP contribution in [-0.4, -0.2) is 10.4 Å². The van der Waals surface area contributed by atoms with E-state index in [2.05, 4.69) is 0 Å². The van der Waals surface area contributed by atoms with E-state index in [1.807, 2.05) is 11.5 Å². The van der Waals surface area contributed by atoms with E-state index in [1.165, 1.54) is 6.07 Å². The lowest BCUT2D eigenvalue weighted by Gasteiger charge is -2.06. The molecular weight excluding hydrogens is 253 g/mol. The van der Waals surface area contributed by atoms with Gasteiger partial charge in [-0.25, -0.2) is 4.39 Å². The summed E-state index contributed by atoms with van der Waals surface area (Å²) in [6.07, 6.45) is 4.03. The van der Waals surface area contributed by atoms with E-state index in [0.29, 0.717) is 24.1 Å². The fourth-order valence-electron chi connectivity index (χ4n) is 1.78. The molecule has 0 amide bonds. The quantitative estimate of drug-likeness (QED) is 0.768. The molecule has 0 spiro atoms. The van der Waals surface area contributed by atoms with Crippen molar-refractivity contribution >= 4 is 17.4 Å². The van der Waals surface area contributed by atoms with Crippen LogP contribution < -0.4 is 0 Å². The van der Waals surface area contributed by atoms with Crippen molar-refractivity contribution in [3.05, 3.63) is 58.6 Å². The highest BCUT2D eigenvalue weighted by Crippen LogP contribution is 2.20. The van der Waals surface area contributed by atoms with Crippen molar-refractivity contribution in [2.24, 2.45) is 0 Å². The summed E-state index contributed by atoms with van der Waals surface area (Å²) in [5, 5.41) is 0.134. The number of hydrogen-bond donors (Lipinski definition) is 0. The summed E-state index contributed by atoms with van der Waals surface area (Å²) in [6, 6.07) is 6.48. The zero-order valence-electron chi connectivity index (χ0n) is 9.99. The number of Topliss-reactive ketones (excluding diaryl/α,β-unsaturated/α-hetero) is 1. The molecule has 4 heteroatoms. The number of benzene rings is 1. The number of nitrogens with zero attached hydrogens (tertiary/aromatic N) is 1. The molecule has 0 aliphatic heterocycles. The molecule has 1 aromatic carbocycles. The largest absolute Gasteiger partial charge is 0.349 e. The average molecular weight is 266 g/mol. The Labute approximate surface area is 110 Å². The number of aromatic nitrogens is 1. The smallest absolute Gasteiger partial charge is 0.164 e. The van der Waals surface area contributed by atoms with E-state index in [-0.39, 0.29) is 10.8 Å². The van der Waals surface area contributed by atoms with E-state index in [0.717, 1.165) is 0 Å². The van der Waals surface area contributed by atoms with Crippen LogP contribution >= 0.6 is 11.6 Å². The molecular formula is C14H13ClFNO. The predicted octanol–water partition coefficient (Wildman–Crippen LogP) is 3.92. The number of carbonyl (C=O) groups excluding carboxylic acids is 1. The Hall–Kier alpha value is -1.61. The number of rotatable bonds is 4. The van der Waals surface area contributed by atoms with E-state index < -0.39 is 5.82 Å². The summed E-state index contributed by atoms with van der Waals surface area (Å²) < 4.78 is 15.1. The highest BCUT2D eigenvalue weighted by molar-refractivity contribution is 6.31. The summed E-state index contributed by atoms with van der Waals surface area (Å²) in [4.78, 5) is 11.5. The van der Waals surface area contributed by atoms with Crippen LogP contribution in [0.5, 0.6) is 0 Å². The number of hydrogen-bond acceptors (Lipinski definition) is 1. The van der Waals surface area contributed by atoms with Gasteiger partial charge in [-0.05, 0) is 17.7 Å². The van der Waals surface area contributed by atoms with Crippen LogP contribution in [0.25, 0.3) is 0 Å². The molecule has 0 unspecified atom stereocenters. The third kappa shape index (κ3) is 2.62. The predicted molar refractivity (Wildman–Crippen MR) is 69.6 cm³/mol. The van der Waals surface area contributed by atoms with Gasteiger partial charge in [-0.1, -0.05) is 30.7 Å². The first-order chi connectivity index (χ1) is 8.61. The summed E-state index contributed by atoms with van der Waals surface area (Å²) >= 11 is 5.88. The zero-order valence-corrected chi connectivity index (χ0v) is 10.7. The van der Waals surface area contributed by atoms with Crippen molar-refractivity contribution in [3.8, 4) is 0 Å². The standard InChI is InChI=1S/C14H13ClFNO/c1-2-13(18)10-6-7-17(8-10)9-11-4-3-5-12(16)14(11)15/h3-8H,2,9H2,1H3. The molecule has 0 aliphatic carbocycles. The van der Waals surface area contributed by atoms with E-state index >= 15 is 0 Å². The molecule has 2 aromatic rings. The van der Waals surface area contributed by atoms with Crippen LogP contribution in [0.4, 0.5) is 4.39 Å². The van der Waals surface area contributed by atoms with Gasteiger partial charge in [-0.2, -0.15) is 0 Å². The summed E-state index contributed by atoms with van der Waals surface area (Å²) in [5.74, 6) is -0.328. The minimum Gasteiger partial charge on any atom is -0.349 e. The van der Waals surface area contributed by atoms with Gasteiger partial charge in [-0.15, -0.1) is 0 Å². The Morgan fingerprint density at radius 3 is 2.89 bits per heavy atom. The molecule has 0 saturated carbocycles. The van der Waals surface area contributed by atoms with Gasteiger partial charge < -0.3 is 4.57 Å². The summed E-state index contributed by atoms with van der Waals surface area (Å²) in [7, 11) is 0. The molecule has 2 rings (SSSR count). The lowest BCUT2D eigenvalue weighted by molar-refractivity contribution is 0.0988. The SMILES string of the molecule is CCC(=O)c1ccn(Cc2cccc(F)c2Cl)c1. The summed E-state index contributed by atoms with van der Waals surface area (Å²) in [5.41, 5.74) is 1.37. The van der Waals surface area contributed by atoms with Gasteiger partial charge in [0.05, 0.1) is 5.02 Å². The normalized spacial score (nSPS) is 10.6. The fraction of sp³-hybridized carbons (Fsp3) is 0.214. The number of ketones is 1. The van der Waals surface area contributed by atoms with Crippen molar-refractivity contribution in [1.82, 2.24) is 4.57 Å². The Morgan fingerprint density at radius 1 is 1.39 bits per heavy atom. The lowest BCUT2D eigenvalue weighted by atomic mass is 10.2. The van der Waals surface area contributed by atoms with E-state index in [4.69, 9.17) is 11.6 Å². The third-order valence-corrected chi connectivity index (χ3v) is 3.20. The molecule has 2 nitrogen and oxygen atoms in total. The van der Waals surface area contributed by atoms with Crippen molar-refractivity contribution in [3.63, 3.8) is 0 Å².